The van der Waals surface area contributed by atoms with Crippen molar-refractivity contribution in [2.75, 3.05) is 31.6 Å². The number of hydrogen-bond acceptors (Lipinski definition) is 14. The lowest BCUT2D eigenvalue weighted by Crippen LogP contribution is -2.47. The molecule has 1 aromatic heterocycles. The zero-order chi connectivity index (χ0) is 61.8. The Morgan fingerprint density at radius 3 is 2.05 bits per heavy atom. The number of phenols is 1. The van der Waals surface area contributed by atoms with Gasteiger partial charge in [0.05, 0.1) is 46.8 Å². The summed E-state index contributed by atoms with van der Waals surface area (Å²) in [5, 5.41) is 45.6. The number of carbonyl (C=O) groups is 5. The molecule has 0 radical (unpaired) electrons. The highest BCUT2D eigenvalue weighted by molar-refractivity contribution is 8.00. The average molecular weight is 1240 g/mol. The lowest BCUT2D eigenvalue weighted by atomic mass is 9.99. The van der Waals surface area contributed by atoms with Crippen LogP contribution >= 0.6 is 11.8 Å². The van der Waals surface area contributed by atoms with Crippen molar-refractivity contribution in [1.29, 1.82) is 0 Å². The van der Waals surface area contributed by atoms with Gasteiger partial charge in [0.15, 0.2) is 15.6 Å². The van der Waals surface area contributed by atoms with Gasteiger partial charge in [-0.3, -0.25) is 19.2 Å². The minimum absolute atomic E-state index is 0.0125. The first kappa shape index (κ1) is 66.0. The largest absolute Gasteiger partial charge is 0.508 e. The number of thioether (sulfide) groups is 1. The fraction of sp³-hybridized carbons (Fsp3) is 0.403. The molecule has 20 nitrogen and oxygen atoms in total. The first-order chi connectivity index (χ1) is 41.1. The lowest BCUT2D eigenvalue weighted by Gasteiger charge is -2.30. The van der Waals surface area contributed by atoms with Gasteiger partial charge in [-0.2, -0.15) is 16.1 Å². The van der Waals surface area contributed by atoms with E-state index in [2.05, 4.69) is 36.9 Å². The third-order valence-corrected chi connectivity index (χ3v) is 19.1. The molecule has 7 N–H and O–H groups in total. The number of aliphatic hydroxyl groups excluding tert-OH is 1. The van der Waals surface area contributed by atoms with Gasteiger partial charge in [-0.15, -0.1) is 5.10 Å². The summed E-state index contributed by atoms with van der Waals surface area (Å²) in [6.45, 7) is 4.07. The monoisotopic (exact) mass is 1240 g/mol. The molecule has 0 aliphatic carbocycles. The average Bonchev–Trinajstić information content (AvgIpc) is 2.02. The standard InChI is InChI=1S/C55H69N9O9S2.C7H7FO2S/c1-37(2)33-63(75(72,73)44-16-8-4-9-17-44)35-48(66)47(31-39-23-27-43(65)28-24-39)64-34-42(61-62-64)32-57-54(70)45(30-38-21-25-41(26-22-38)53(69)40-14-6-3-7-15-40)58-51(68)20-10-5-13-29-56-50(67)19-12-11-18-49-52-46(36-74-49)59-55(71)60-52;1-11(9,10)7-4-2-6(8)3-5-7/h3-4,6-9,14-17,21-28,34,37,45-49,52,65-66H,5,10-13,18-20,29-33,35-36H2,1-2H3,(H,56,67)(H,57,70)(H,58,68)(H2,59,60,71);2-5H,1H3/t45-,46-,47-,48?,49-,52-;/m0./s1. The van der Waals surface area contributed by atoms with E-state index in [0.29, 0.717) is 59.9 Å². The third-order valence-electron chi connectivity index (χ3n) is 14.6. The highest BCUT2D eigenvalue weighted by Gasteiger charge is 2.42. The van der Waals surface area contributed by atoms with E-state index in [0.717, 1.165) is 49.0 Å². The maximum Gasteiger partial charge on any atom is 0.315 e. The molecule has 0 spiro atoms. The first-order valence-electron chi connectivity index (χ1n) is 28.7. The van der Waals surface area contributed by atoms with Gasteiger partial charge in [0.1, 0.15) is 23.3 Å². The van der Waals surface area contributed by atoms with Gasteiger partial charge >= 0.3 is 6.03 Å². The highest BCUT2D eigenvalue weighted by Crippen LogP contribution is 2.33. The number of benzene rings is 5. The Morgan fingerprint density at radius 2 is 1.37 bits per heavy atom. The number of sulfonamides is 1. The van der Waals surface area contributed by atoms with Crippen molar-refractivity contribution in [2.45, 2.75) is 130 Å². The maximum atomic E-state index is 14.0. The molecule has 1 unspecified atom stereocenters. The van der Waals surface area contributed by atoms with Crippen molar-refractivity contribution in [3.05, 3.63) is 173 Å². The number of sulfone groups is 1. The van der Waals surface area contributed by atoms with E-state index in [9.17, 15) is 55.4 Å². The summed E-state index contributed by atoms with van der Waals surface area (Å²) in [6, 6.07) is 33.4. The van der Waals surface area contributed by atoms with E-state index in [1.54, 1.807) is 85.1 Å². The Hall–Kier alpha value is -7.51. The number of nitrogens with zero attached hydrogens (tertiary/aromatic N) is 4. The van der Waals surface area contributed by atoms with Crippen LogP contribution < -0.4 is 26.6 Å². The smallest absolute Gasteiger partial charge is 0.315 e. The molecule has 0 saturated carbocycles. The van der Waals surface area contributed by atoms with Crippen LogP contribution in [0.1, 0.15) is 104 Å². The summed E-state index contributed by atoms with van der Waals surface area (Å²) in [5.41, 5.74) is 2.80. The number of unbranched alkanes of at least 4 members (excludes halogenated alkanes) is 3. The molecule has 8 rings (SSSR count). The van der Waals surface area contributed by atoms with E-state index >= 15 is 0 Å². The van der Waals surface area contributed by atoms with Gasteiger partial charge in [-0.05, 0) is 97.7 Å². The fourth-order valence-corrected chi connectivity index (χ4v) is 13.8. The highest BCUT2D eigenvalue weighted by atomic mass is 32.2. The molecular weight excluding hydrogens is 1160 g/mol. The number of aromatic hydroxyl groups is 1. The zero-order valence-electron chi connectivity index (χ0n) is 48.4. The van der Waals surface area contributed by atoms with Crippen LogP contribution in [0.25, 0.3) is 0 Å². The molecule has 24 heteroatoms. The van der Waals surface area contributed by atoms with Crippen LogP contribution in [0.15, 0.2) is 149 Å². The van der Waals surface area contributed by atoms with Crippen molar-refractivity contribution >= 4 is 61.2 Å². The SMILES string of the molecule is CC(C)CN(CC(O)[C@H](Cc1ccc(O)cc1)n1cc(CNC(=O)[C@H](Cc2ccc(C(=O)c3ccccc3)cc2)NC(=O)CCCCCNC(=O)CCCC[C@@H]2SC[C@@H]3NC(=O)N[C@@H]32)nn1)S(=O)(=O)c1ccccc1.CS(=O)(=O)c1ccc(F)cc1. The van der Waals surface area contributed by atoms with Gasteiger partial charge in [0.25, 0.3) is 0 Å². The van der Waals surface area contributed by atoms with Crippen molar-refractivity contribution < 1.29 is 55.4 Å². The van der Waals surface area contributed by atoms with Crippen LogP contribution in [0.3, 0.4) is 0 Å². The van der Waals surface area contributed by atoms with Crippen molar-refractivity contribution in [1.82, 2.24) is 45.9 Å². The van der Waals surface area contributed by atoms with E-state index in [1.165, 1.54) is 45.4 Å². The van der Waals surface area contributed by atoms with E-state index in [-0.39, 0.29) is 96.1 Å². The van der Waals surface area contributed by atoms with Gasteiger partial charge in [0.2, 0.25) is 27.7 Å². The number of amides is 5. The van der Waals surface area contributed by atoms with E-state index in [1.807, 2.05) is 31.7 Å². The molecule has 3 heterocycles. The number of carbonyl (C=O) groups excluding carboxylic acids is 5. The van der Waals surface area contributed by atoms with Gasteiger partial charge in [-0.1, -0.05) is 117 Å². The predicted molar refractivity (Wildman–Crippen MR) is 326 cm³/mol. The molecule has 5 aromatic carbocycles. The molecule has 2 aliphatic heterocycles. The van der Waals surface area contributed by atoms with Gasteiger partial charge in [-0.25, -0.2) is 30.7 Å². The topological polar surface area (TPSA) is 288 Å². The second-order valence-electron chi connectivity index (χ2n) is 21.9. The van der Waals surface area contributed by atoms with Crippen LogP contribution in [-0.4, -0.2) is 137 Å². The number of halogens is 1. The minimum Gasteiger partial charge on any atom is -0.508 e. The number of fused-ring (bicyclic) bond motifs is 1. The first-order valence-corrected chi connectivity index (χ1v) is 33.1. The summed E-state index contributed by atoms with van der Waals surface area (Å²) >= 11 is 1.86. The minimum atomic E-state index is -4.00. The Labute approximate surface area is 506 Å². The second kappa shape index (κ2) is 31.8. The molecule has 2 saturated heterocycles. The molecule has 2 fully saturated rings. The lowest BCUT2D eigenvalue weighted by molar-refractivity contribution is -0.129. The van der Waals surface area contributed by atoms with Gasteiger partial charge in [0, 0.05) is 67.3 Å². The van der Waals surface area contributed by atoms with Crippen LogP contribution in [0.2, 0.25) is 0 Å². The zero-order valence-corrected chi connectivity index (χ0v) is 50.8. The van der Waals surface area contributed by atoms with E-state index < -0.39 is 49.8 Å². The number of nitrogens with one attached hydrogen (secondary N) is 5. The Bertz CT molecular complexity index is 3420. The van der Waals surface area contributed by atoms with Crippen LogP contribution in [0, 0.1) is 11.7 Å². The fourth-order valence-electron chi connectivity index (χ4n) is 10.0. The Kier molecular flexibility index (Phi) is 24.4. The van der Waals surface area contributed by atoms with Crippen LogP contribution in [0.5, 0.6) is 5.75 Å². The number of rotatable bonds is 30. The number of ketones is 1. The number of hydrogen-bond donors (Lipinski definition) is 7. The molecule has 6 aromatic rings. The van der Waals surface area contributed by atoms with Crippen LogP contribution in [-0.2, 0) is 53.6 Å². The predicted octanol–water partition coefficient (Wildman–Crippen LogP) is 6.68. The van der Waals surface area contributed by atoms with E-state index in [4.69, 9.17) is 0 Å². The Morgan fingerprint density at radius 1 is 0.744 bits per heavy atom. The number of phenolic OH excluding ortho intramolecular Hbond substituents is 1. The molecule has 86 heavy (non-hydrogen) atoms. The number of urea groups is 1. The van der Waals surface area contributed by atoms with Crippen molar-refractivity contribution in [3.8, 4) is 5.75 Å². The summed E-state index contributed by atoms with van der Waals surface area (Å²) in [6.07, 6.45) is 6.78. The quantitative estimate of drug-likeness (QED) is 0.0107. The summed E-state index contributed by atoms with van der Waals surface area (Å²) < 4.78 is 64.4. The second-order valence-corrected chi connectivity index (χ2v) is 27.1. The molecule has 2 aliphatic rings. The van der Waals surface area contributed by atoms with Crippen molar-refractivity contribution in [3.63, 3.8) is 0 Å². The molecule has 5 amide bonds. The summed E-state index contributed by atoms with van der Waals surface area (Å²) in [7, 11) is -7.18. The molecular formula is C62H76FN9O11S3. The Balaban J connectivity index is 0.000000864. The van der Waals surface area contributed by atoms with Crippen molar-refractivity contribution in [2.24, 2.45) is 5.92 Å². The molecule has 0 bridgehead atoms. The molecule has 460 valence electrons. The number of aliphatic hydroxyl groups is 1. The number of aromatic nitrogens is 3. The summed E-state index contributed by atoms with van der Waals surface area (Å²) in [5.74, 6) is -0.503. The van der Waals surface area contributed by atoms with Crippen LogP contribution in [0.4, 0.5) is 9.18 Å². The maximum absolute atomic E-state index is 14.0. The van der Waals surface area contributed by atoms with Gasteiger partial charge < -0.3 is 36.8 Å². The molecule has 6 atom stereocenters. The summed E-state index contributed by atoms with van der Waals surface area (Å²) in [4.78, 5) is 65.0. The normalized spacial score (nSPS) is 16.6. The third kappa shape index (κ3) is 20.0.